The summed E-state index contributed by atoms with van der Waals surface area (Å²) in [6, 6.07) is 18.2. The van der Waals surface area contributed by atoms with Gasteiger partial charge in [0.2, 0.25) is 5.91 Å². The largest absolute Gasteiger partial charge is 0.496 e. The number of methoxy groups -OCH3 is 3. The summed E-state index contributed by atoms with van der Waals surface area (Å²) in [5, 5.41) is 2.87. The molecule has 3 amide bonds. The molecule has 1 aliphatic heterocycles. The number of hydrogen-bond acceptors (Lipinski definition) is 6. The Balaban J connectivity index is 1.62. The molecule has 8 heteroatoms. The Morgan fingerprint density at radius 3 is 1.91 bits per heavy atom. The van der Waals surface area contributed by atoms with Crippen molar-refractivity contribution in [1.29, 1.82) is 0 Å². The predicted molar refractivity (Wildman–Crippen MR) is 129 cm³/mol. The maximum Gasteiger partial charge on any atom is 0.262 e. The fourth-order valence-electron chi connectivity index (χ4n) is 4.16. The summed E-state index contributed by atoms with van der Waals surface area (Å²) in [5.74, 6) is 0.0605. The molecule has 0 aliphatic carbocycles. The van der Waals surface area contributed by atoms with E-state index in [0.29, 0.717) is 33.9 Å². The molecule has 1 unspecified atom stereocenters. The molecule has 0 saturated heterocycles. The molecule has 4 rings (SSSR count). The SMILES string of the molecule is COc1cc(OC)c(OC)cc1CNC(=O)C(Cc1ccccc1)N1C(=O)c2ccccc2C1=O. The zero-order valence-electron chi connectivity index (χ0n) is 19.7. The Kier molecular flexibility index (Phi) is 7.01. The second-order valence-corrected chi connectivity index (χ2v) is 7.97. The highest BCUT2D eigenvalue weighted by atomic mass is 16.5. The third-order valence-corrected chi connectivity index (χ3v) is 5.95. The van der Waals surface area contributed by atoms with Crippen LogP contribution in [0.1, 0.15) is 31.8 Å². The van der Waals surface area contributed by atoms with Gasteiger partial charge in [-0.15, -0.1) is 0 Å². The number of ether oxygens (including phenoxy) is 3. The first kappa shape index (κ1) is 23.8. The van der Waals surface area contributed by atoms with E-state index in [-0.39, 0.29) is 13.0 Å². The zero-order chi connectivity index (χ0) is 24.9. The third-order valence-electron chi connectivity index (χ3n) is 5.95. The number of nitrogens with zero attached hydrogens (tertiary/aromatic N) is 1. The van der Waals surface area contributed by atoms with Crippen LogP contribution < -0.4 is 19.5 Å². The molecule has 1 N–H and O–H groups in total. The lowest BCUT2D eigenvalue weighted by molar-refractivity contribution is -0.125. The van der Waals surface area contributed by atoms with Crippen LogP contribution in [0.15, 0.2) is 66.7 Å². The number of benzene rings is 3. The quantitative estimate of drug-likeness (QED) is 0.479. The summed E-state index contributed by atoms with van der Waals surface area (Å²) in [6.07, 6.45) is 0.182. The lowest BCUT2D eigenvalue weighted by Gasteiger charge is -2.26. The Bertz CT molecular complexity index is 1220. The van der Waals surface area contributed by atoms with Crippen molar-refractivity contribution in [3.05, 3.63) is 89.0 Å². The first-order valence-electron chi connectivity index (χ1n) is 11.1. The van der Waals surface area contributed by atoms with E-state index in [9.17, 15) is 14.4 Å². The molecule has 0 spiro atoms. The number of fused-ring (bicyclic) bond motifs is 1. The highest BCUT2D eigenvalue weighted by Crippen LogP contribution is 2.34. The van der Waals surface area contributed by atoms with E-state index < -0.39 is 23.8 Å². The van der Waals surface area contributed by atoms with Crippen LogP contribution in [0.3, 0.4) is 0 Å². The number of imide groups is 1. The maximum absolute atomic E-state index is 13.5. The van der Waals surface area contributed by atoms with Gasteiger partial charge in [-0.2, -0.15) is 0 Å². The van der Waals surface area contributed by atoms with Gasteiger partial charge in [-0.1, -0.05) is 42.5 Å². The van der Waals surface area contributed by atoms with Gasteiger partial charge < -0.3 is 19.5 Å². The Hall–Kier alpha value is -4.33. The molecule has 0 radical (unpaired) electrons. The Morgan fingerprint density at radius 2 is 1.34 bits per heavy atom. The van der Waals surface area contributed by atoms with Gasteiger partial charge in [0.1, 0.15) is 11.8 Å². The molecule has 0 aromatic heterocycles. The molecule has 1 heterocycles. The summed E-state index contributed by atoms with van der Waals surface area (Å²) < 4.78 is 16.1. The fraction of sp³-hybridized carbons (Fsp3) is 0.222. The predicted octanol–water partition coefficient (Wildman–Crippen LogP) is 3.24. The second kappa shape index (κ2) is 10.3. The van der Waals surface area contributed by atoms with Gasteiger partial charge >= 0.3 is 0 Å². The molecule has 0 saturated carbocycles. The van der Waals surface area contributed by atoms with Crippen LogP contribution in [0.25, 0.3) is 0 Å². The molecule has 35 heavy (non-hydrogen) atoms. The number of rotatable bonds is 9. The summed E-state index contributed by atoms with van der Waals surface area (Å²) in [5.41, 5.74) is 2.07. The third kappa shape index (κ3) is 4.68. The standard InChI is InChI=1S/C27H26N2O6/c1-33-22-15-24(35-3)23(34-2)14-18(22)16-28-25(30)21(13-17-9-5-4-6-10-17)29-26(31)19-11-7-8-12-20(19)27(29)32/h4-12,14-15,21H,13,16H2,1-3H3,(H,28,30). The fourth-order valence-corrected chi connectivity index (χ4v) is 4.16. The number of carbonyl (C=O) groups is 3. The van der Waals surface area contributed by atoms with Crippen LogP contribution in [0.5, 0.6) is 17.2 Å². The second-order valence-electron chi connectivity index (χ2n) is 7.97. The molecule has 1 aliphatic rings. The minimum absolute atomic E-state index is 0.0941. The monoisotopic (exact) mass is 474 g/mol. The topological polar surface area (TPSA) is 94.2 Å². The summed E-state index contributed by atoms with van der Waals surface area (Å²) in [4.78, 5) is 40.8. The summed E-state index contributed by atoms with van der Waals surface area (Å²) in [7, 11) is 4.56. The van der Waals surface area contributed by atoms with Gasteiger partial charge in [-0.05, 0) is 23.8 Å². The van der Waals surface area contributed by atoms with E-state index in [1.165, 1.54) is 21.3 Å². The normalized spacial score (nSPS) is 13.3. The van der Waals surface area contributed by atoms with Gasteiger partial charge in [0.25, 0.3) is 11.8 Å². The van der Waals surface area contributed by atoms with E-state index in [1.807, 2.05) is 30.3 Å². The van der Waals surface area contributed by atoms with Crippen molar-refractivity contribution in [3.63, 3.8) is 0 Å². The Morgan fingerprint density at radius 1 is 0.800 bits per heavy atom. The van der Waals surface area contributed by atoms with E-state index >= 15 is 0 Å². The lowest BCUT2D eigenvalue weighted by atomic mass is 10.0. The number of amides is 3. The van der Waals surface area contributed by atoms with Gasteiger partial charge in [0.15, 0.2) is 11.5 Å². The first-order valence-corrected chi connectivity index (χ1v) is 11.1. The van der Waals surface area contributed by atoms with Gasteiger partial charge in [-0.25, -0.2) is 0 Å². The van der Waals surface area contributed by atoms with Crippen LogP contribution in [-0.2, 0) is 17.8 Å². The minimum atomic E-state index is -1.03. The van der Waals surface area contributed by atoms with Crippen molar-refractivity contribution in [3.8, 4) is 17.2 Å². The van der Waals surface area contributed by atoms with E-state index in [1.54, 1.807) is 36.4 Å². The van der Waals surface area contributed by atoms with E-state index in [0.717, 1.165) is 10.5 Å². The molecule has 3 aromatic rings. The maximum atomic E-state index is 13.5. The zero-order valence-corrected chi connectivity index (χ0v) is 19.7. The molecule has 0 fully saturated rings. The summed E-state index contributed by atoms with van der Waals surface area (Å²) in [6.45, 7) is 0.0941. The number of nitrogens with one attached hydrogen (secondary N) is 1. The average Bonchev–Trinajstić information content (AvgIpc) is 3.15. The lowest BCUT2D eigenvalue weighted by Crippen LogP contribution is -2.50. The van der Waals surface area contributed by atoms with E-state index in [2.05, 4.69) is 5.32 Å². The van der Waals surface area contributed by atoms with Crippen molar-refractivity contribution in [1.82, 2.24) is 10.2 Å². The van der Waals surface area contributed by atoms with Crippen LogP contribution in [0, 0.1) is 0 Å². The van der Waals surface area contributed by atoms with Gasteiger partial charge in [0, 0.05) is 24.6 Å². The molecule has 0 bridgehead atoms. The Labute approximate surface area is 203 Å². The minimum Gasteiger partial charge on any atom is -0.496 e. The van der Waals surface area contributed by atoms with Crippen LogP contribution in [0.2, 0.25) is 0 Å². The van der Waals surface area contributed by atoms with Crippen molar-refractivity contribution in [2.24, 2.45) is 0 Å². The highest BCUT2D eigenvalue weighted by Gasteiger charge is 2.42. The van der Waals surface area contributed by atoms with Crippen molar-refractivity contribution in [2.75, 3.05) is 21.3 Å². The van der Waals surface area contributed by atoms with Gasteiger partial charge in [0.05, 0.1) is 32.5 Å². The van der Waals surface area contributed by atoms with Crippen molar-refractivity contribution >= 4 is 17.7 Å². The van der Waals surface area contributed by atoms with Crippen LogP contribution in [-0.4, -0.2) is 50.0 Å². The molecule has 1 atom stereocenters. The van der Waals surface area contributed by atoms with Crippen molar-refractivity contribution < 1.29 is 28.6 Å². The number of carbonyl (C=O) groups excluding carboxylic acids is 3. The molecule has 8 nitrogen and oxygen atoms in total. The molecule has 180 valence electrons. The number of hydrogen-bond donors (Lipinski definition) is 1. The smallest absolute Gasteiger partial charge is 0.262 e. The van der Waals surface area contributed by atoms with Crippen LogP contribution in [0.4, 0.5) is 0 Å². The summed E-state index contributed by atoms with van der Waals surface area (Å²) >= 11 is 0. The first-order chi connectivity index (χ1) is 17.0. The van der Waals surface area contributed by atoms with Gasteiger partial charge in [-0.3, -0.25) is 19.3 Å². The average molecular weight is 475 g/mol. The van der Waals surface area contributed by atoms with Crippen molar-refractivity contribution in [2.45, 2.75) is 19.0 Å². The van der Waals surface area contributed by atoms with E-state index in [4.69, 9.17) is 14.2 Å². The molecule has 3 aromatic carbocycles. The molecular formula is C27H26N2O6. The highest BCUT2D eigenvalue weighted by molar-refractivity contribution is 6.22. The molecular weight excluding hydrogens is 448 g/mol. The van der Waals surface area contributed by atoms with Crippen LogP contribution >= 0.6 is 0 Å².